The summed E-state index contributed by atoms with van der Waals surface area (Å²) in [5.41, 5.74) is 12.4. The molecular weight excluding hydrogens is 354 g/mol. The van der Waals surface area contributed by atoms with Gasteiger partial charge in [-0.15, -0.1) is 0 Å². The molecule has 0 spiro atoms. The van der Waals surface area contributed by atoms with Gasteiger partial charge in [0.2, 0.25) is 0 Å². The number of aliphatic imine (C=N–C) groups is 1. The second-order valence-electron chi connectivity index (χ2n) is 7.11. The molecule has 0 unspecified atom stereocenters. The standard InChI is InChI=1S/C26H23N3/c1-18-14-15-25(19(2)28-17-22-9-4-6-13-24(22)27)29-26(18)16-21-11-7-10-20-8-3-5-12-23(20)21/h3-15,17H,2,16,27H2,1H3/b28-17-. The number of benzene rings is 3. The molecule has 2 N–H and O–H groups in total. The molecule has 0 aliphatic rings. The summed E-state index contributed by atoms with van der Waals surface area (Å²) >= 11 is 0. The zero-order valence-electron chi connectivity index (χ0n) is 16.5. The van der Waals surface area contributed by atoms with E-state index in [2.05, 4.69) is 67.0 Å². The van der Waals surface area contributed by atoms with Crippen LogP contribution in [-0.4, -0.2) is 11.2 Å². The van der Waals surface area contributed by atoms with E-state index in [1.165, 1.54) is 16.3 Å². The largest absolute Gasteiger partial charge is 0.398 e. The number of nitrogens with zero attached hydrogens (tertiary/aromatic N) is 2. The van der Waals surface area contributed by atoms with Gasteiger partial charge in [0.25, 0.3) is 0 Å². The molecule has 0 radical (unpaired) electrons. The van der Waals surface area contributed by atoms with Gasteiger partial charge in [0.15, 0.2) is 0 Å². The number of hydrogen-bond donors (Lipinski definition) is 1. The number of rotatable bonds is 5. The summed E-state index contributed by atoms with van der Waals surface area (Å²) in [6.07, 6.45) is 2.51. The van der Waals surface area contributed by atoms with E-state index < -0.39 is 0 Å². The third kappa shape index (κ3) is 4.09. The van der Waals surface area contributed by atoms with E-state index in [-0.39, 0.29) is 0 Å². The maximum atomic E-state index is 5.98. The highest BCUT2D eigenvalue weighted by molar-refractivity contribution is 5.90. The van der Waals surface area contributed by atoms with E-state index in [4.69, 9.17) is 10.7 Å². The number of pyridine rings is 1. The molecule has 0 bridgehead atoms. The Morgan fingerprint density at radius 1 is 0.966 bits per heavy atom. The normalized spacial score (nSPS) is 11.2. The topological polar surface area (TPSA) is 51.3 Å². The van der Waals surface area contributed by atoms with E-state index in [1.54, 1.807) is 6.21 Å². The second kappa shape index (κ2) is 8.11. The molecule has 0 aliphatic heterocycles. The molecule has 142 valence electrons. The minimum absolute atomic E-state index is 0.618. The van der Waals surface area contributed by atoms with E-state index in [0.29, 0.717) is 11.4 Å². The Balaban J connectivity index is 1.62. The van der Waals surface area contributed by atoms with Crippen molar-refractivity contribution in [1.29, 1.82) is 0 Å². The molecule has 1 aromatic heterocycles. The minimum atomic E-state index is 0.618. The van der Waals surface area contributed by atoms with Crippen LogP contribution in [0.25, 0.3) is 16.5 Å². The molecule has 0 amide bonds. The van der Waals surface area contributed by atoms with Gasteiger partial charge < -0.3 is 5.73 Å². The summed E-state index contributed by atoms with van der Waals surface area (Å²) in [6.45, 7) is 6.19. The second-order valence-corrected chi connectivity index (χ2v) is 7.11. The first-order valence-electron chi connectivity index (χ1n) is 9.63. The number of anilines is 1. The molecule has 0 saturated heterocycles. The Morgan fingerprint density at radius 3 is 2.59 bits per heavy atom. The van der Waals surface area contributed by atoms with Gasteiger partial charge in [-0.2, -0.15) is 0 Å². The number of aromatic nitrogens is 1. The fourth-order valence-corrected chi connectivity index (χ4v) is 3.38. The maximum absolute atomic E-state index is 5.98. The van der Waals surface area contributed by atoms with Gasteiger partial charge >= 0.3 is 0 Å². The fraction of sp³-hybridized carbons (Fsp3) is 0.0769. The third-order valence-corrected chi connectivity index (χ3v) is 5.09. The smallest absolute Gasteiger partial charge is 0.0883 e. The lowest BCUT2D eigenvalue weighted by Gasteiger charge is -2.10. The van der Waals surface area contributed by atoms with Crippen LogP contribution in [0.1, 0.15) is 28.1 Å². The van der Waals surface area contributed by atoms with Crippen molar-refractivity contribution < 1.29 is 0 Å². The van der Waals surface area contributed by atoms with Crippen molar-refractivity contribution >= 4 is 28.4 Å². The number of para-hydroxylation sites is 1. The molecule has 0 atom stereocenters. The highest BCUT2D eigenvalue weighted by atomic mass is 14.8. The van der Waals surface area contributed by atoms with Crippen molar-refractivity contribution in [2.24, 2.45) is 4.99 Å². The van der Waals surface area contributed by atoms with Crippen molar-refractivity contribution in [2.45, 2.75) is 13.3 Å². The van der Waals surface area contributed by atoms with E-state index in [9.17, 15) is 0 Å². The minimum Gasteiger partial charge on any atom is -0.398 e. The first-order valence-corrected chi connectivity index (χ1v) is 9.63. The average molecular weight is 377 g/mol. The first kappa shape index (κ1) is 18.6. The van der Waals surface area contributed by atoms with Crippen molar-refractivity contribution in [1.82, 2.24) is 4.98 Å². The molecule has 3 aromatic carbocycles. The summed E-state index contributed by atoms with van der Waals surface area (Å²) in [7, 11) is 0. The molecule has 29 heavy (non-hydrogen) atoms. The Hall–Kier alpha value is -3.72. The highest BCUT2D eigenvalue weighted by Crippen LogP contribution is 2.23. The van der Waals surface area contributed by atoms with Crippen LogP contribution < -0.4 is 5.73 Å². The van der Waals surface area contributed by atoms with Crippen LogP contribution in [0, 0.1) is 6.92 Å². The van der Waals surface area contributed by atoms with Gasteiger partial charge in [0, 0.05) is 29.6 Å². The van der Waals surface area contributed by atoms with Crippen LogP contribution in [0.4, 0.5) is 5.69 Å². The van der Waals surface area contributed by atoms with Gasteiger partial charge in [-0.3, -0.25) is 9.98 Å². The number of fused-ring (bicyclic) bond motifs is 1. The SMILES string of the molecule is C=C(/N=C\c1ccccc1N)c1ccc(C)c(Cc2cccc3ccccc23)n1. The molecule has 3 heteroatoms. The monoisotopic (exact) mass is 377 g/mol. The van der Waals surface area contributed by atoms with Gasteiger partial charge in [0.1, 0.15) is 0 Å². The molecule has 3 nitrogen and oxygen atoms in total. The van der Waals surface area contributed by atoms with Crippen LogP contribution >= 0.6 is 0 Å². The Labute approximate surface area is 171 Å². The summed E-state index contributed by atoms with van der Waals surface area (Å²) in [4.78, 5) is 9.36. The summed E-state index contributed by atoms with van der Waals surface area (Å²) in [5.74, 6) is 0. The maximum Gasteiger partial charge on any atom is 0.0883 e. The predicted octanol–water partition coefficient (Wildman–Crippen LogP) is 5.81. The Bertz CT molecular complexity index is 1220. The molecular formula is C26H23N3. The van der Waals surface area contributed by atoms with E-state index >= 15 is 0 Å². The van der Waals surface area contributed by atoms with Gasteiger partial charge in [-0.25, -0.2) is 0 Å². The van der Waals surface area contributed by atoms with Crippen molar-refractivity contribution in [3.8, 4) is 0 Å². The van der Waals surface area contributed by atoms with Crippen molar-refractivity contribution in [3.63, 3.8) is 0 Å². The average Bonchev–Trinajstić information content (AvgIpc) is 2.75. The molecule has 1 heterocycles. The van der Waals surface area contributed by atoms with Crippen LogP contribution in [0.3, 0.4) is 0 Å². The zero-order chi connectivity index (χ0) is 20.2. The van der Waals surface area contributed by atoms with Gasteiger partial charge in [0.05, 0.1) is 11.4 Å². The number of nitrogen functional groups attached to an aromatic ring is 1. The highest BCUT2D eigenvalue weighted by Gasteiger charge is 2.08. The van der Waals surface area contributed by atoms with Crippen LogP contribution in [-0.2, 0) is 6.42 Å². The number of nitrogens with two attached hydrogens (primary N) is 1. The molecule has 0 aliphatic carbocycles. The fourth-order valence-electron chi connectivity index (χ4n) is 3.38. The Morgan fingerprint density at radius 2 is 1.72 bits per heavy atom. The predicted molar refractivity (Wildman–Crippen MR) is 123 cm³/mol. The van der Waals surface area contributed by atoms with E-state index in [1.807, 2.05) is 30.3 Å². The lowest BCUT2D eigenvalue weighted by molar-refractivity contribution is 1.04. The molecule has 4 aromatic rings. The first-order chi connectivity index (χ1) is 14.1. The van der Waals surface area contributed by atoms with Crippen molar-refractivity contribution in [2.75, 3.05) is 5.73 Å². The van der Waals surface area contributed by atoms with Crippen molar-refractivity contribution in [3.05, 3.63) is 114 Å². The lowest BCUT2D eigenvalue weighted by Crippen LogP contribution is -2.00. The Kier molecular flexibility index (Phi) is 5.21. The summed E-state index contributed by atoms with van der Waals surface area (Å²) in [5, 5.41) is 2.51. The molecule has 0 saturated carbocycles. The molecule has 4 rings (SSSR count). The number of aryl methyl sites for hydroxylation is 1. The quantitative estimate of drug-likeness (QED) is 0.353. The van der Waals surface area contributed by atoms with Gasteiger partial charge in [-0.05, 0) is 41.0 Å². The lowest BCUT2D eigenvalue weighted by atomic mass is 9.99. The van der Waals surface area contributed by atoms with Crippen LogP contribution in [0.5, 0.6) is 0 Å². The van der Waals surface area contributed by atoms with Gasteiger partial charge in [-0.1, -0.05) is 73.3 Å². The third-order valence-electron chi connectivity index (χ3n) is 5.09. The summed E-state index contributed by atoms with van der Waals surface area (Å²) < 4.78 is 0. The van der Waals surface area contributed by atoms with Crippen LogP contribution in [0.15, 0.2) is 90.4 Å². The van der Waals surface area contributed by atoms with Crippen LogP contribution in [0.2, 0.25) is 0 Å². The zero-order valence-corrected chi connectivity index (χ0v) is 16.5. The summed E-state index contributed by atoms with van der Waals surface area (Å²) in [6, 6.07) is 26.5. The number of hydrogen-bond acceptors (Lipinski definition) is 3. The van der Waals surface area contributed by atoms with E-state index in [0.717, 1.165) is 28.9 Å². The molecule has 0 fully saturated rings.